The number of ether oxygens (including phenoxy) is 1. The smallest absolute Gasteiger partial charge is 0.416 e. The summed E-state index contributed by atoms with van der Waals surface area (Å²) in [4.78, 5) is 4.45. The van der Waals surface area contributed by atoms with Gasteiger partial charge in [0.2, 0.25) is 5.65 Å². The van der Waals surface area contributed by atoms with E-state index in [4.69, 9.17) is 10.5 Å². The van der Waals surface area contributed by atoms with Gasteiger partial charge in [0.05, 0.1) is 18.2 Å². The average molecular weight is 368 g/mol. The van der Waals surface area contributed by atoms with Crippen LogP contribution in [-0.4, -0.2) is 39.8 Å². The number of methoxy groups -OCH3 is 1. The summed E-state index contributed by atoms with van der Waals surface area (Å²) in [6.45, 7) is 2.87. The number of unbranched alkanes of at least 4 members (excludes halogenated alkanes) is 1. The molecule has 3 rings (SSSR count). The Hall–Kier alpha value is -2.62. The van der Waals surface area contributed by atoms with Gasteiger partial charge in [-0.1, -0.05) is 0 Å². The topological polar surface area (TPSA) is 90.4 Å². The fraction of sp³-hybridized carbons (Fsp3) is 0.438. The lowest BCUT2D eigenvalue weighted by Gasteiger charge is -2.14. The van der Waals surface area contributed by atoms with Crippen LogP contribution in [-0.2, 0) is 6.18 Å². The van der Waals surface area contributed by atoms with E-state index in [0.29, 0.717) is 35.9 Å². The molecule has 3 N–H and O–H groups in total. The highest BCUT2D eigenvalue weighted by Gasteiger charge is 2.32. The van der Waals surface area contributed by atoms with Gasteiger partial charge in [0, 0.05) is 6.54 Å². The largest absolute Gasteiger partial charge is 0.494 e. The SMILES string of the molecule is COc1cc(C(F)(F)F)cc2c1nc(NCCCCN)c1nnc(C)n12. The fourth-order valence-electron chi connectivity index (χ4n) is 2.76. The molecule has 0 amide bonds. The molecule has 0 radical (unpaired) electrons. The van der Waals surface area contributed by atoms with Crippen LogP contribution in [0.15, 0.2) is 12.1 Å². The minimum absolute atomic E-state index is 0.0369. The summed E-state index contributed by atoms with van der Waals surface area (Å²) in [5, 5.41) is 11.2. The predicted molar refractivity (Wildman–Crippen MR) is 91.4 cm³/mol. The Labute approximate surface area is 147 Å². The van der Waals surface area contributed by atoms with E-state index < -0.39 is 11.7 Å². The molecule has 0 aliphatic rings. The summed E-state index contributed by atoms with van der Waals surface area (Å²) < 4.78 is 46.4. The number of hydrogen-bond donors (Lipinski definition) is 2. The average Bonchev–Trinajstić information content (AvgIpc) is 2.99. The van der Waals surface area contributed by atoms with E-state index in [1.54, 1.807) is 11.3 Å². The molecule has 0 aliphatic heterocycles. The molecular formula is C16H19F3N6O. The van der Waals surface area contributed by atoms with Crippen molar-refractivity contribution in [2.45, 2.75) is 25.9 Å². The lowest BCUT2D eigenvalue weighted by molar-refractivity contribution is -0.137. The zero-order valence-electron chi connectivity index (χ0n) is 14.4. The van der Waals surface area contributed by atoms with Crippen LogP contribution in [0.1, 0.15) is 24.2 Å². The lowest BCUT2D eigenvalue weighted by atomic mass is 10.1. The third-order valence-corrected chi connectivity index (χ3v) is 4.03. The van der Waals surface area contributed by atoms with Crippen molar-refractivity contribution >= 4 is 22.5 Å². The Kier molecular flexibility index (Phi) is 4.86. The molecular weight excluding hydrogens is 349 g/mol. The summed E-state index contributed by atoms with van der Waals surface area (Å²) in [6.07, 6.45) is -2.82. The van der Waals surface area contributed by atoms with Gasteiger partial charge in [0.1, 0.15) is 17.1 Å². The molecule has 0 saturated heterocycles. The molecule has 1 aromatic carbocycles. The minimum atomic E-state index is -4.51. The first-order valence-electron chi connectivity index (χ1n) is 8.11. The standard InChI is InChI=1S/C16H19F3N6O/c1-9-23-24-15-14(21-6-4-3-5-20)22-13-11(25(9)15)7-10(16(17,18)19)8-12(13)26-2/h7-8H,3-6,20H2,1-2H3,(H,21,22). The molecule has 0 atom stereocenters. The Morgan fingerprint density at radius 1 is 1.23 bits per heavy atom. The van der Waals surface area contributed by atoms with Gasteiger partial charge in [0.25, 0.3) is 0 Å². The van der Waals surface area contributed by atoms with Crippen molar-refractivity contribution in [2.24, 2.45) is 5.73 Å². The Bertz CT molecular complexity index is 937. The summed E-state index contributed by atoms with van der Waals surface area (Å²) in [5.41, 5.74) is 5.57. The highest BCUT2D eigenvalue weighted by Crippen LogP contribution is 2.37. The third-order valence-electron chi connectivity index (χ3n) is 4.03. The van der Waals surface area contributed by atoms with E-state index >= 15 is 0 Å². The van der Waals surface area contributed by atoms with Crippen LogP contribution in [0.25, 0.3) is 16.7 Å². The van der Waals surface area contributed by atoms with E-state index in [2.05, 4.69) is 20.5 Å². The molecule has 0 fully saturated rings. The van der Waals surface area contributed by atoms with Crippen LogP contribution in [0.2, 0.25) is 0 Å². The number of nitrogens with one attached hydrogen (secondary N) is 1. The summed E-state index contributed by atoms with van der Waals surface area (Å²) in [7, 11) is 1.31. The zero-order chi connectivity index (χ0) is 18.9. The number of aryl methyl sites for hydroxylation is 1. The van der Waals surface area contributed by atoms with Crippen LogP contribution in [0, 0.1) is 6.92 Å². The Balaban J connectivity index is 2.22. The van der Waals surface area contributed by atoms with Crippen LogP contribution in [0.5, 0.6) is 5.75 Å². The molecule has 10 heteroatoms. The van der Waals surface area contributed by atoms with Crippen molar-refractivity contribution in [3.8, 4) is 5.75 Å². The first-order valence-corrected chi connectivity index (χ1v) is 8.11. The third kappa shape index (κ3) is 3.24. The number of fused-ring (bicyclic) bond motifs is 3. The van der Waals surface area contributed by atoms with Crippen molar-refractivity contribution in [3.63, 3.8) is 0 Å². The molecule has 0 aliphatic carbocycles. The molecule has 0 saturated carbocycles. The Morgan fingerprint density at radius 2 is 2.00 bits per heavy atom. The van der Waals surface area contributed by atoms with Gasteiger partial charge < -0.3 is 15.8 Å². The van der Waals surface area contributed by atoms with E-state index in [1.807, 2.05) is 0 Å². The van der Waals surface area contributed by atoms with Gasteiger partial charge in [-0.05, 0) is 38.4 Å². The molecule has 2 heterocycles. The highest BCUT2D eigenvalue weighted by molar-refractivity contribution is 5.88. The molecule has 0 unspecified atom stereocenters. The summed E-state index contributed by atoms with van der Waals surface area (Å²) >= 11 is 0. The molecule has 26 heavy (non-hydrogen) atoms. The second-order valence-electron chi connectivity index (χ2n) is 5.83. The second-order valence-corrected chi connectivity index (χ2v) is 5.83. The van der Waals surface area contributed by atoms with Gasteiger partial charge in [-0.25, -0.2) is 4.98 Å². The number of rotatable bonds is 6. The zero-order valence-corrected chi connectivity index (χ0v) is 14.4. The maximum Gasteiger partial charge on any atom is 0.416 e. The van der Waals surface area contributed by atoms with Crippen LogP contribution >= 0.6 is 0 Å². The van der Waals surface area contributed by atoms with Gasteiger partial charge in [-0.2, -0.15) is 13.2 Å². The minimum Gasteiger partial charge on any atom is -0.494 e. The van der Waals surface area contributed by atoms with Crippen LogP contribution < -0.4 is 15.8 Å². The molecule has 7 nitrogen and oxygen atoms in total. The molecule has 3 aromatic rings. The molecule has 140 valence electrons. The number of aromatic nitrogens is 4. The van der Waals surface area contributed by atoms with Crippen LogP contribution in [0.4, 0.5) is 19.0 Å². The first-order chi connectivity index (χ1) is 12.4. The Morgan fingerprint density at radius 3 is 2.65 bits per heavy atom. The number of alkyl halides is 3. The number of nitrogens with zero attached hydrogens (tertiary/aromatic N) is 4. The van der Waals surface area contributed by atoms with Crippen molar-refractivity contribution in [2.75, 3.05) is 25.5 Å². The number of anilines is 1. The molecule has 2 aromatic heterocycles. The van der Waals surface area contributed by atoms with E-state index in [9.17, 15) is 13.2 Å². The summed E-state index contributed by atoms with van der Waals surface area (Å²) in [6, 6.07) is 1.98. The van der Waals surface area contributed by atoms with Gasteiger partial charge in [-0.3, -0.25) is 4.40 Å². The van der Waals surface area contributed by atoms with Crippen molar-refractivity contribution < 1.29 is 17.9 Å². The first kappa shape index (κ1) is 18.2. The van der Waals surface area contributed by atoms with Gasteiger partial charge in [-0.15, -0.1) is 10.2 Å². The van der Waals surface area contributed by atoms with Gasteiger partial charge >= 0.3 is 6.18 Å². The normalized spacial score (nSPS) is 12.1. The highest BCUT2D eigenvalue weighted by atomic mass is 19.4. The quantitative estimate of drug-likeness (QED) is 0.650. The van der Waals surface area contributed by atoms with Crippen molar-refractivity contribution in [3.05, 3.63) is 23.5 Å². The van der Waals surface area contributed by atoms with E-state index in [-0.39, 0.29) is 11.3 Å². The van der Waals surface area contributed by atoms with Gasteiger partial charge in [0.15, 0.2) is 5.82 Å². The maximum atomic E-state index is 13.2. The van der Waals surface area contributed by atoms with Crippen molar-refractivity contribution in [1.29, 1.82) is 0 Å². The molecule has 0 spiro atoms. The summed E-state index contributed by atoms with van der Waals surface area (Å²) in [5.74, 6) is 0.932. The number of benzene rings is 1. The molecule has 0 bridgehead atoms. The van der Waals surface area contributed by atoms with E-state index in [0.717, 1.165) is 25.0 Å². The van der Waals surface area contributed by atoms with Crippen LogP contribution in [0.3, 0.4) is 0 Å². The lowest BCUT2D eigenvalue weighted by Crippen LogP contribution is -2.10. The monoisotopic (exact) mass is 368 g/mol. The second kappa shape index (κ2) is 6.94. The number of halogens is 3. The number of hydrogen-bond acceptors (Lipinski definition) is 6. The number of nitrogens with two attached hydrogens (primary N) is 1. The maximum absolute atomic E-state index is 13.2. The fourth-order valence-corrected chi connectivity index (χ4v) is 2.76. The predicted octanol–water partition coefficient (Wildman–Crippen LogP) is 2.76. The van der Waals surface area contributed by atoms with Crippen molar-refractivity contribution in [1.82, 2.24) is 19.6 Å². The van der Waals surface area contributed by atoms with E-state index in [1.165, 1.54) is 7.11 Å².